The Kier molecular flexibility index (Phi) is 3.98. The average Bonchev–Trinajstić information content (AvgIpc) is 2.97. The maximum atomic E-state index is 11.3. The van der Waals surface area contributed by atoms with Gasteiger partial charge in [0, 0.05) is 24.3 Å². The van der Waals surface area contributed by atoms with E-state index in [1.54, 1.807) is 24.7 Å². The number of hydrogen-bond acceptors (Lipinski definition) is 4. The van der Waals surface area contributed by atoms with Crippen molar-refractivity contribution < 1.29 is 14.7 Å². The van der Waals surface area contributed by atoms with E-state index in [-0.39, 0.29) is 0 Å². The molecule has 0 aliphatic carbocycles. The summed E-state index contributed by atoms with van der Waals surface area (Å²) in [6.07, 6.45) is 1.01. The van der Waals surface area contributed by atoms with Gasteiger partial charge in [0.15, 0.2) is 0 Å². The topological polar surface area (TPSA) is 61.8 Å². The van der Waals surface area contributed by atoms with Crippen LogP contribution < -0.4 is 15.1 Å². The predicted octanol–water partition coefficient (Wildman–Crippen LogP) is 2.38. The SMILES string of the molecule is COc1ccc2c(c1)CCN2Cc1ccc(C(=O)NO)cc1. The fourth-order valence-corrected chi connectivity index (χ4v) is 2.78. The molecule has 1 aliphatic heterocycles. The summed E-state index contributed by atoms with van der Waals surface area (Å²) < 4.78 is 5.26. The first-order chi connectivity index (χ1) is 10.7. The van der Waals surface area contributed by atoms with Crippen LogP contribution in [-0.4, -0.2) is 24.8 Å². The Morgan fingerprint density at radius 1 is 1.27 bits per heavy atom. The Hall–Kier alpha value is -2.53. The molecular weight excluding hydrogens is 280 g/mol. The second-order valence-electron chi connectivity index (χ2n) is 5.30. The molecule has 0 saturated carbocycles. The van der Waals surface area contributed by atoms with E-state index in [2.05, 4.69) is 17.0 Å². The highest BCUT2D eigenvalue weighted by molar-refractivity contribution is 5.93. The van der Waals surface area contributed by atoms with E-state index in [0.717, 1.165) is 30.8 Å². The molecule has 2 N–H and O–H groups in total. The normalized spacial score (nSPS) is 12.9. The minimum absolute atomic E-state index is 0.442. The molecule has 1 amide bonds. The zero-order chi connectivity index (χ0) is 15.5. The maximum Gasteiger partial charge on any atom is 0.274 e. The van der Waals surface area contributed by atoms with Crippen molar-refractivity contribution in [2.24, 2.45) is 0 Å². The molecule has 0 saturated heterocycles. The molecule has 2 aromatic rings. The van der Waals surface area contributed by atoms with E-state index in [1.165, 1.54) is 11.3 Å². The van der Waals surface area contributed by atoms with Gasteiger partial charge in [0.2, 0.25) is 0 Å². The van der Waals surface area contributed by atoms with Crippen LogP contribution >= 0.6 is 0 Å². The van der Waals surface area contributed by atoms with Crippen molar-refractivity contribution in [3.63, 3.8) is 0 Å². The second-order valence-corrected chi connectivity index (χ2v) is 5.30. The quantitative estimate of drug-likeness (QED) is 0.672. The first-order valence-corrected chi connectivity index (χ1v) is 7.16. The van der Waals surface area contributed by atoms with Crippen LogP contribution in [-0.2, 0) is 13.0 Å². The Morgan fingerprint density at radius 3 is 2.73 bits per heavy atom. The van der Waals surface area contributed by atoms with Gasteiger partial charge in [-0.05, 0) is 47.9 Å². The van der Waals surface area contributed by atoms with E-state index in [9.17, 15) is 4.79 Å². The number of ether oxygens (including phenoxy) is 1. The highest BCUT2D eigenvalue weighted by Gasteiger charge is 2.19. The van der Waals surface area contributed by atoms with Gasteiger partial charge in [-0.15, -0.1) is 0 Å². The van der Waals surface area contributed by atoms with Crippen LogP contribution in [0.5, 0.6) is 5.75 Å². The monoisotopic (exact) mass is 298 g/mol. The molecular formula is C17H18N2O3. The number of amides is 1. The maximum absolute atomic E-state index is 11.3. The van der Waals surface area contributed by atoms with Crippen LogP contribution in [0.1, 0.15) is 21.5 Å². The zero-order valence-corrected chi connectivity index (χ0v) is 12.4. The third-order valence-electron chi connectivity index (χ3n) is 3.97. The van der Waals surface area contributed by atoms with Gasteiger partial charge >= 0.3 is 0 Å². The zero-order valence-electron chi connectivity index (χ0n) is 12.4. The number of rotatable bonds is 4. The lowest BCUT2D eigenvalue weighted by atomic mass is 10.1. The Morgan fingerprint density at radius 2 is 2.05 bits per heavy atom. The number of carbonyl (C=O) groups is 1. The van der Waals surface area contributed by atoms with Gasteiger partial charge in [0.25, 0.3) is 5.91 Å². The minimum Gasteiger partial charge on any atom is -0.497 e. The number of fused-ring (bicyclic) bond motifs is 1. The molecule has 1 aliphatic rings. The van der Waals surface area contributed by atoms with E-state index >= 15 is 0 Å². The lowest BCUT2D eigenvalue weighted by molar-refractivity contribution is 0.0706. The van der Waals surface area contributed by atoms with Crippen molar-refractivity contribution in [1.29, 1.82) is 0 Å². The summed E-state index contributed by atoms with van der Waals surface area (Å²) >= 11 is 0. The molecule has 0 atom stereocenters. The molecule has 22 heavy (non-hydrogen) atoms. The van der Waals surface area contributed by atoms with Crippen LogP contribution in [0.2, 0.25) is 0 Å². The van der Waals surface area contributed by atoms with Gasteiger partial charge in [-0.1, -0.05) is 12.1 Å². The number of nitrogens with one attached hydrogen (secondary N) is 1. The highest BCUT2D eigenvalue weighted by Crippen LogP contribution is 2.32. The number of carbonyl (C=O) groups excluding carboxylic acids is 1. The fraction of sp³-hybridized carbons (Fsp3) is 0.235. The van der Waals surface area contributed by atoms with E-state index in [0.29, 0.717) is 5.56 Å². The van der Waals surface area contributed by atoms with Crippen molar-refractivity contribution in [2.75, 3.05) is 18.6 Å². The summed E-state index contributed by atoms with van der Waals surface area (Å²) in [6, 6.07) is 13.4. The Balaban J connectivity index is 1.74. The standard InChI is InChI=1S/C17H18N2O3/c1-22-15-6-7-16-14(10-15)8-9-19(16)11-12-2-4-13(5-3-12)17(20)18-21/h2-7,10,21H,8-9,11H2,1H3,(H,18,20). The first-order valence-electron chi connectivity index (χ1n) is 7.16. The third-order valence-corrected chi connectivity index (χ3v) is 3.97. The van der Waals surface area contributed by atoms with Crippen LogP contribution in [0, 0.1) is 0 Å². The van der Waals surface area contributed by atoms with Crippen LogP contribution in [0.25, 0.3) is 0 Å². The van der Waals surface area contributed by atoms with Crippen LogP contribution in [0.3, 0.4) is 0 Å². The molecule has 5 nitrogen and oxygen atoms in total. The summed E-state index contributed by atoms with van der Waals surface area (Å²) in [7, 11) is 1.68. The van der Waals surface area contributed by atoms with Gasteiger partial charge in [-0.2, -0.15) is 0 Å². The average molecular weight is 298 g/mol. The molecule has 0 bridgehead atoms. The fourth-order valence-electron chi connectivity index (χ4n) is 2.78. The van der Waals surface area contributed by atoms with Crippen molar-refractivity contribution in [2.45, 2.75) is 13.0 Å². The summed E-state index contributed by atoms with van der Waals surface area (Å²) in [6.45, 7) is 1.77. The molecule has 0 fully saturated rings. The molecule has 114 valence electrons. The smallest absolute Gasteiger partial charge is 0.274 e. The lowest BCUT2D eigenvalue weighted by Gasteiger charge is -2.19. The highest BCUT2D eigenvalue weighted by atomic mass is 16.5. The van der Waals surface area contributed by atoms with E-state index in [1.807, 2.05) is 18.2 Å². The summed E-state index contributed by atoms with van der Waals surface area (Å²) in [4.78, 5) is 13.6. The molecule has 3 rings (SSSR count). The van der Waals surface area contributed by atoms with E-state index in [4.69, 9.17) is 9.94 Å². The molecule has 0 unspecified atom stereocenters. The Bertz CT molecular complexity index is 683. The summed E-state index contributed by atoms with van der Waals surface area (Å²) in [5, 5.41) is 8.62. The number of hydrogen-bond donors (Lipinski definition) is 2. The van der Waals surface area contributed by atoms with Crippen molar-refractivity contribution in [1.82, 2.24) is 5.48 Å². The largest absolute Gasteiger partial charge is 0.497 e. The van der Waals surface area contributed by atoms with Crippen LogP contribution in [0.4, 0.5) is 5.69 Å². The molecule has 2 aromatic carbocycles. The van der Waals surface area contributed by atoms with Gasteiger partial charge in [-0.25, -0.2) is 5.48 Å². The van der Waals surface area contributed by atoms with Gasteiger partial charge in [0.05, 0.1) is 7.11 Å². The van der Waals surface area contributed by atoms with Gasteiger partial charge in [-0.3, -0.25) is 10.0 Å². The molecule has 0 aromatic heterocycles. The molecule has 0 radical (unpaired) electrons. The molecule has 5 heteroatoms. The minimum atomic E-state index is -0.495. The number of hydroxylamine groups is 1. The van der Waals surface area contributed by atoms with Crippen LogP contribution in [0.15, 0.2) is 42.5 Å². The molecule has 0 spiro atoms. The predicted molar refractivity (Wildman–Crippen MR) is 83.4 cm³/mol. The van der Waals surface area contributed by atoms with Gasteiger partial charge < -0.3 is 9.64 Å². The summed E-state index contributed by atoms with van der Waals surface area (Å²) in [5.74, 6) is 0.394. The molecule has 1 heterocycles. The number of anilines is 1. The number of nitrogens with zero attached hydrogens (tertiary/aromatic N) is 1. The number of methoxy groups -OCH3 is 1. The summed E-state index contributed by atoms with van der Waals surface area (Å²) in [5.41, 5.74) is 5.74. The van der Waals surface area contributed by atoms with Crippen molar-refractivity contribution >= 4 is 11.6 Å². The third kappa shape index (κ3) is 2.76. The van der Waals surface area contributed by atoms with Crippen molar-refractivity contribution in [3.05, 3.63) is 59.2 Å². The van der Waals surface area contributed by atoms with Crippen molar-refractivity contribution in [3.8, 4) is 5.75 Å². The Labute approximate surface area is 129 Å². The van der Waals surface area contributed by atoms with Gasteiger partial charge in [0.1, 0.15) is 5.75 Å². The number of benzene rings is 2. The second kappa shape index (κ2) is 6.07. The first kappa shape index (κ1) is 14.4. The lowest BCUT2D eigenvalue weighted by Crippen LogP contribution is -2.20. The van der Waals surface area contributed by atoms with E-state index < -0.39 is 5.91 Å².